The molecule has 0 bridgehead atoms. The number of benzene rings is 3. The van der Waals surface area contributed by atoms with Gasteiger partial charge in [-0.2, -0.15) is 0 Å². The quantitative estimate of drug-likeness (QED) is 0.104. The fraction of sp³-hybridized carbons (Fsp3) is 0.289. The Bertz CT molecular complexity index is 2260. The minimum atomic E-state index is -0.153. The summed E-state index contributed by atoms with van der Waals surface area (Å²) >= 11 is 0. The average molecular weight is 754 g/mol. The van der Waals surface area contributed by atoms with E-state index in [1.54, 1.807) is 40.8 Å². The van der Waals surface area contributed by atoms with E-state index < -0.39 is 0 Å². The van der Waals surface area contributed by atoms with E-state index in [-0.39, 0.29) is 23.7 Å². The number of ether oxygens (including phenoxy) is 5. The van der Waals surface area contributed by atoms with Crippen LogP contribution in [0.1, 0.15) is 29.2 Å². The maximum Gasteiger partial charge on any atom is 0.229 e. The van der Waals surface area contributed by atoms with Crippen molar-refractivity contribution >= 4 is 28.3 Å². The Labute approximate surface area is 327 Å². The molecule has 1 aliphatic rings. The summed E-state index contributed by atoms with van der Waals surface area (Å²) < 4.78 is 28.7. The molecule has 0 saturated heterocycles. The summed E-state index contributed by atoms with van der Waals surface area (Å²) in [6.45, 7) is 6.03. The Morgan fingerprint density at radius 1 is 0.804 bits per heavy atom. The molecule has 1 aliphatic carbocycles. The third kappa shape index (κ3) is 8.38. The predicted molar refractivity (Wildman–Crippen MR) is 217 cm³/mol. The predicted octanol–water partition coefficient (Wildman–Crippen LogP) is 8.28. The SMILES string of the molecule is COc1ccc(CN(Cc2ccc(OC)cc2OC)c2nc(-c3cnccc3C)cc3cc(NC(=O)C4C(C)C4COCc4ccccc4)ncc23)c(OC)c1. The lowest BCUT2D eigenvalue weighted by atomic mass is 10.0. The highest BCUT2D eigenvalue weighted by Gasteiger charge is 2.51. The first kappa shape index (κ1) is 38.1. The van der Waals surface area contributed by atoms with Crippen LogP contribution in [-0.2, 0) is 29.2 Å². The van der Waals surface area contributed by atoms with E-state index in [2.05, 4.69) is 22.1 Å². The standard InChI is InChI=1S/C45H47N5O6/c1-28-16-17-46-22-36(28)39-18-33-19-42(49-45(51)43-29(2)38(43)27-56-26-30-10-8-7-9-11-30)47-23-37(33)44(48-39)50(24-31-12-14-34(52-3)20-40(31)54-5)25-32-13-15-35(53-4)21-41(32)55-6/h7-23,29,38,43H,24-27H2,1-6H3,(H,47,49,51). The van der Waals surface area contributed by atoms with Crippen LogP contribution in [0.4, 0.5) is 11.6 Å². The first-order valence-corrected chi connectivity index (χ1v) is 18.6. The molecular formula is C45H47N5O6. The molecule has 3 aromatic carbocycles. The molecular weight excluding hydrogens is 707 g/mol. The van der Waals surface area contributed by atoms with Crippen LogP contribution in [0.3, 0.4) is 0 Å². The molecule has 3 aromatic heterocycles. The van der Waals surface area contributed by atoms with E-state index in [9.17, 15) is 4.79 Å². The summed E-state index contributed by atoms with van der Waals surface area (Å²) in [6, 6.07) is 27.6. The Balaban J connectivity index is 1.25. The summed E-state index contributed by atoms with van der Waals surface area (Å²) in [5.74, 6) is 4.05. The maximum atomic E-state index is 13.6. The van der Waals surface area contributed by atoms with Gasteiger partial charge in [-0.15, -0.1) is 0 Å². The summed E-state index contributed by atoms with van der Waals surface area (Å²) in [7, 11) is 6.56. The minimum Gasteiger partial charge on any atom is -0.497 e. The minimum absolute atomic E-state index is 0.0601. The number of carbonyl (C=O) groups is 1. The Kier molecular flexibility index (Phi) is 11.6. The van der Waals surface area contributed by atoms with Gasteiger partial charge in [0, 0.05) is 71.8 Å². The molecule has 7 rings (SSSR count). The molecule has 1 N–H and O–H groups in total. The highest BCUT2D eigenvalue weighted by Crippen LogP contribution is 2.47. The maximum absolute atomic E-state index is 13.6. The molecule has 11 nitrogen and oxygen atoms in total. The van der Waals surface area contributed by atoms with Crippen molar-refractivity contribution in [1.82, 2.24) is 15.0 Å². The molecule has 11 heteroatoms. The fourth-order valence-corrected chi connectivity index (χ4v) is 7.22. The van der Waals surface area contributed by atoms with E-state index in [0.717, 1.165) is 44.3 Å². The second-order valence-corrected chi connectivity index (χ2v) is 14.1. The van der Waals surface area contributed by atoms with E-state index in [4.69, 9.17) is 33.7 Å². The number of nitrogens with one attached hydrogen (secondary N) is 1. The summed E-state index contributed by atoms with van der Waals surface area (Å²) in [5.41, 5.74) is 5.63. The molecule has 1 saturated carbocycles. The van der Waals surface area contributed by atoms with Crippen LogP contribution in [0.25, 0.3) is 22.0 Å². The smallest absolute Gasteiger partial charge is 0.229 e. The molecule has 1 fully saturated rings. The first-order chi connectivity index (χ1) is 27.3. The lowest BCUT2D eigenvalue weighted by Crippen LogP contribution is -2.24. The van der Waals surface area contributed by atoms with Gasteiger partial charge in [0.15, 0.2) is 0 Å². The molecule has 1 amide bonds. The van der Waals surface area contributed by atoms with Gasteiger partial charge in [-0.05, 0) is 77.7 Å². The van der Waals surface area contributed by atoms with E-state index in [1.165, 1.54) is 0 Å². The fourth-order valence-electron chi connectivity index (χ4n) is 7.22. The second-order valence-electron chi connectivity index (χ2n) is 14.1. The van der Waals surface area contributed by atoms with Gasteiger partial charge < -0.3 is 33.9 Å². The number of fused-ring (bicyclic) bond motifs is 1. The number of aryl methyl sites for hydroxylation is 1. The van der Waals surface area contributed by atoms with Gasteiger partial charge in [0.25, 0.3) is 0 Å². The number of hydrogen-bond acceptors (Lipinski definition) is 10. The topological polar surface area (TPSA) is 117 Å². The van der Waals surface area contributed by atoms with Crippen LogP contribution in [-0.4, -0.2) is 55.9 Å². The van der Waals surface area contributed by atoms with Crippen LogP contribution in [0, 0.1) is 24.7 Å². The molecule has 288 valence electrons. The molecule has 0 radical (unpaired) electrons. The zero-order valence-electron chi connectivity index (χ0n) is 32.6. The van der Waals surface area contributed by atoms with Crippen molar-refractivity contribution < 1.29 is 28.5 Å². The molecule has 0 spiro atoms. The Morgan fingerprint density at radius 3 is 2.11 bits per heavy atom. The van der Waals surface area contributed by atoms with Crippen LogP contribution < -0.4 is 29.2 Å². The van der Waals surface area contributed by atoms with Crippen LogP contribution >= 0.6 is 0 Å². The molecule has 3 unspecified atom stereocenters. The lowest BCUT2D eigenvalue weighted by molar-refractivity contribution is -0.118. The third-order valence-corrected chi connectivity index (χ3v) is 10.6. The summed E-state index contributed by atoms with van der Waals surface area (Å²) in [6.07, 6.45) is 5.39. The van der Waals surface area contributed by atoms with Crippen molar-refractivity contribution in [2.75, 3.05) is 45.3 Å². The van der Waals surface area contributed by atoms with Crippen molar-refractivity contribution in [3.05, 3.63) is 126 Å². The normalized spacial score (nSPS) is 15.9. The molecule has 3 heterocycles. The van der Waals surface area contributed by atoms with Gasteiger partial charge in [-0.25, -0.2) is 9.97 Å². The average Bonchev–Trinajstić information content (AvgIpc) is 3.88. The highest BCUT2D eigenvalue weighted by atomic mass is 16.5. The third-order valence-electron chi connectivity index (χ3n) is 10.6. The number of amides is 1. The van der Waals surface area contributed by atoms with Crippen LogP contribution in [0.2, 0.25) is 0 Å². The number of anilines is 2. The van der Waals surface area contributed by atoms with Crippen LogP contribution in [0.5, 0.6) is 23.0 Å². The summed E-state index contributed by atoms with van der Waals surface area (Å²) in [4.78, 5) is 30.3. The lowest BCUT2D eigenvalue weighted by Gasteiger charge is -2.28. The van der Waals surface area contributed by atoms with Gasteiger partial charge >= 0.3 is 0 Å². The first-order valence-electron chi connectivity index (χ1n) is 18.6. The Morgan fingerprint density at radius 2 is 1.48 bits per heavy atom. The second kappa shape index (κ2) is 17.1. The number of methoxy groups -OCH3 is 4. The molecule has 3 atom stereocenters. The molecule has 6 aromatic rings. The molecule has 56 heavy (non-hydrogen) atoms. The highest BCUT2D eigenvalue weighted by molar-refractivity contribution is 5.99. The van der Waals surface area contributed by atoms with Crippen LogP contribution in [0.15, 0.2) is 104 Å². The summed E-state index contributed by atoms with van der Waals surface area (Å²) in [5, 5.41) is 4.77. The zero-order chi connectivity index (χ0) is 39.2. The number of nitrogens with zero attached hydrogens (tertiary/aromatic N) is 4. The zero-order valence-corrected chi connectivity index (χ0v) is 32.6. The van der Waals surface area contributed by atoms with Gasteiger partial charge in [0.05, 0.1) is 47.3 Å². The monoisotopic (exact) mass is 753 g/mol. The number of aromatic nitrogens is 3. The van der Waals surface area contributed by atoms with E-state index in [1.807, 2.05) is 98.0 Å². The number of rotatable bonds is 16. The van der Waals surface area contributed by atoms with Gasteiger partial charge in [-0.1, -0.05) is 37.3 Å². The van der Waals surface area contributed by atoms with Crippen molar-refractivity contribution in [2.24, 2.45) is 17.8 Å². The van der Waals surface area contributed by atoms with E-state index in [0.29, 0.717) is 60.9 Å². The van der Waals surface area contributed by atoms with Crippen molar-refractivity contribution in [2.45, 2.75) is 33.5 Å². The Hall–Kier alpha value is -6.20. The van der Waals surface area contributed by atoms with Gasteiger partial charge in [0.2, 0.25) is 5.91 Å². The van der Waals surface area contributed by atoms with Gasteiger partial charge in [0.1, 0.15) is 34.6 Å². The van der Waals surface area contributed by atoms with Crippen molar-refractivity contribution in [1.29, 1.82) is 0 Å². The van der Waals surface area contributed by atoms with E-state index >= 15 is 0 Å². The largest absolute Gasteiger partial charge is 0.497 e. The van der Waals surface area contributed by atoms with Crippen molar-refractivity contribution in [3.63, 3.8) is 0 Å². The van der Waals surface area contributed by atoms with Gasteiger partial charge in [-0.3, -0.25) is 9.78 Å². The number of hydrogen-bond donors (Lipinski definition) is 1. The molecule has 0 aliphatic heterocycles. The number of pyridine rings is 3. The number of carbonyl (C=O) groups excluding carboxylic acids is 1. The van der Waals surface area contributed by atoms with Crippen molar-refractivity contribution in [3.8, 4) is 34.3 Å².